The predicted molar refractivity (Wildman–Crippen MR) is 82.4 cm³/mol. The van der Waals surface area contributed by atoms with E-state index in [1.165, 1.54) is 0 Å². The largest absolute Gasteiger partial charge is 0.493 e. The van der Waals surface area contributed by atoms with Gasteiger partial charge in [0.2, 0.25) is 5.75 Å². The standard InChI is InChI=1S/C16H20N2O3/c1-11(12-6-5-7-17-10-12)18-13-8-14(19-2)16(21-4)15(9-13)20-3/h5-11,18H,1-4H3. The number of rotatable bonds is 6. The summed E-state index contributed by atoms with van der Waals surface area (Å²) in [6, 6.07) is 7.83. The summed E-state index contributed by atoms with van der Waals surface area (Å²) in [7, 11) is 4.79. The molecule has 1 aromatic heterocycles. The van der Waals surface area contributed by atoms with Crippen LogP contribution in [0.4, 0.5) is 5.69 Å². The Morgan fingerprint density at radius 2 is 1.71 bits per heavy atom. The minimum Gasteiger partial charge on any atom is -0.493 e. The van der Waals surface area contributed by atoms with Gasteiger partial charge in [0.25, 0.3) is 0 Å². The van der Waals surface area contributed by atoms with Gasteiger partial charge in [-0.2, -0.15) is 0 Å². The van der Waals surface area contributed by atoms with Gasteiger partial charge >= 0.3 is 0 Å². The molecule has 21 heavy (non-hydrogen) atoms. The number of ether oxygens (including phenoxy) is 3. The number of pyridine rings is 1. The number of hydrogen-bond acceptors (Lipinski definition) is 5. The number of hydrogen-bond donors (Lipinski definition) is 1. The minimum atomic E-state index is 0.113. The Morgan fingerprint density at radius 3 is 2.19 bits per heavy atom. The molecule has 1 N–H and O–H groups in total. The minimum absolute atomic E-state index is 0.113. The van der Waals surface area contributed by atoms with Crippen molar-refractivity contribution in [1.82, 2.24) is 4.98 Å². The maximum absolute atomic E-state index is 5.35. The second-order valence-corrected chi connectivity index (χ2v) is 4.57. The fourth-order valence-corrected chi connectivity index (χ4v) is 2.13. The van der Waals surface area contributed by atoms with E-state index in [2.05, 4.69) is 17.2 Å². The molecule has 2 rings (SSSR count). The maximum atomic E-state index is 5.35. The molecule has 1 unspecified atom stereocenters. The summed E-state index contributed by atoms with van der Waals surface area (Å²) in [6.07, 6.45) is 3.60. The summed E-state index contributed by atoms with van der Waals surface area (Å²) < 4.78 is 16.0. The number of methoxy groups -OCH3 is 3. The van der Waals surface area contributed by atoms with Crippen molar-refractivity contribution in [3.05, 3.63) is 42.2 Å². The molecule has 1 heterocycles. The predicted octanol–water partition coefficient (Wildman–Crippen LogP) is 3.28. The zero-order chi connectivity index (χ0) is 15.2. The highest BCUT2D eigenvalue weighted by molar-refractivity contribution is 5.63. The van der Waals surface area contributed by atoms with Crippen LogP contribution in [0.3, 0.4) is 0 Å². The number of nitrogens with zero attached hydrogens (tertiary/aromatic N) is 1. The van der Waals surface area contributed by atoms with Crippen LogP contribution in [-0.4, -0.2) is 26.3 Å². The lowest BCUT2D eigenvalue weighted by Gasteiger charge is -2.18. The monoisotopic (exact) mass is 288 g/mol. The molecular formula is C16H20N2O3. The van der Waals surface area contributed by atoms with Crippen molar-refractivity contribution in [1.29, 1.82) is 0 Å². The molecule has 0 aliphatic carbocycles. The average molecular weight is 288 g/mol. The second-order valence-electron chi connectivity index (χ2n) is 4.57. The molecule has 5 heteroatoms. The van der Waals surface area contributed by atoms with Crippen molar-refractivity contribution in [2.24, 2.45) is 0 Å². The van der Waals surface area contributed by atoms with Gasteiger partial charge in [0.05, 0.1) is 27.4 Å². The molecule has 1 aromatic carbocycles. The summed E-state index contributed by atoms with van der Waals surface area (Å²) >= 11 is 0. The van der Waals surface area contributed by atoms with Gasteiger partial charge in [-0.25, -0.2) is 0 Å². The fraction of sp³-hybridized carbons (Fsp3) is 0.312. The topological polar surface area (TPSA) is 52.6 Å². The van der Waals surface area contributed by atoms with Gasteiger partial charge in [-0.3, -0.25) is 4.98 Å². The Balaban J connectivity index is 2.28. The van der Waals surface area contributed by atoms with E-state index in [1.54, 1.807) is 27.5 Å². The number of nitrogens with one attached hydrogen (secondary N) is 1. The quantitative estimate of drug-likeness (QED) is 0.884. The SMILES string of the molecule is COc1cc(NC(C)c2cccnc2)cc(OC)c1OC. The zero-order valence-corrected chi connectivity index (χ0v) is 12.7. The second kappa shape index (κ2) is 6.83. The molecule has 0 amide bonds. The highest BCUT2D eigenvalue weighted by Gasteiger charge is 2.14. The lowest BCUT2D eigenvalue weighted by Crippen LogP contribution is -2.07. The molecule has 0 radical (unpaired) electrons. The summed E-state index contributed by atoms with van der Waals surface area (Å²) in [5, 5.41) is 3.40. The van der Waals surface area contributed by atoms with E-state index in [0.29, 0.717) is 17.2 Å². The molecule has 0 saturated heterocycles. The number of aromatic nitrogens is 1. The van der Waals surface area contributed by atoms with Gasteiger partial charge in [-0.15, -0.1) is 0 Å². The molecule has 0 spiro atoms. The first kappa shape index (κ1) is 15.0. The van der Waals surface area contributed by atoms with Gasteiger partial charge < -0.3 is 19.5 Å². The van der Waals surface area contributed by atoms with Gasteiger partial charge in [0.1, 0.15) is 0 Å². The van der Waals surface area contributed by atoms with Crippen LogP contribution < -0.4 is 19.5 Å². The first-order chi connectivity index (χ1) is 10.2. The molecule has 0 aliphatic heterocycles. The van der Waals surface area contributed by atoms with E-state index in [0.717, 1.165) is 11.3 Å². The van der Waals surface area contributed by atoms with Crippen LogP contribution in [0, 0.1) is 0 Å². The summed E-state index contributed by atoms with van der Waals surface area (Å²) in [6.45, 7) is 2.07. The average Bonchev–Trinajstić information content (AvgIpc) is 2.54. The van der Waals surface area contributed by atoms with Crippen molar-refractivity contribution in [3.8, 4) is 17.2 Å². The Kier molecular flexibility index (Phi) is 4.87. The first-order valence-corrected chi connectivity index (χ1v) is 6.66. The van der Waals surface area contributed by atoms with Gasteiger partial charge in [0.15, 0.2) is 11.5 Å². The van der Waals surface area contributed by atoms with E-state index in [-0.39, 0.29) is 6.04 Å². The number of benzene rings is 1. The molecule has 2 aromatic rings. The van der Waals surface area contributed by atoms with Gasteiger partial charge in [-0.05, 0) is 18.6 Å². The lowest BCUT2D eigenvalue weighted by atomic mass is 10.1. The van der Waals surface area contributed by atoms with E-state index < -0.39 is 0 Å². The van der Waals surface area contributed by atoms with Crippen LogP contribution in [-0.2, 0) is 0 Å². The zero-order valence-electron chi connectivity index (χ0n) is 12.7. The van der Waals surface area contributed by atoms with Crippen molar-refractivity contribution in [2.45, 2.75) is 13.0 Å². The highest BCUT2D eigenvalue weighted by atomic mass is 16.5. The van der Waals surface area contributed by atoms with Crippen LogP contribution >= 0.6 is 0 Å². The third kappa shape index (κ3) is 3.37. The Morgan fingerprint density at radius 1 is 1.05 bits per heavy atom. The van der Waals surface area contributed by atoms with Crippen molar-refractivity contribution in [2.75, 3.05) is 26.6 Å². The molecular weight excluding hydrogens is 268 g/mol. The molecule has 112 valence electrons. The van der Waals surface area contributed by atoms with Gasteiger partial charge in [0, 0.05) is 30.2 Å². The molecule has 0 saturated carbocycles. The van der Waals surface area contributed by atoms with E-state index >= 15 is 0 Å². The smallest absolute Gasteiger partial charge is 0.203 e. The van der Waals surface area contributed by atoms with Crippen LogP contribution in [0.2, 0.25) is 0 Å². The molecule has 0 fully saturated rings. The van der Waals surface area contributed by atoms with E-state index in [9.17, 15) is 0 Å². The van der Waals surface area contributed by atoms with Crippen LogP contribution in [0.25, 0.3) is 0 Å². The summed E-state index contributed by atoms with van der Waals surface area (Å²) in [5.41, 5.74) is 1.99. The molecule has 0 bridgehead atoms. The summed E-state index contributed by atoms with van der Waals surface area (Å²) in [4.78, 5) is 4.13. The molecule has 1 atom stereocenters. The third-order valence-electron chi connectivity index (χ3n) is 3.23. The fourth-order valence-electron chi connectivity index (χ4n) is 2.13. The van der Waals surface area contributed by atoms with Crippen LogP contribution in [0.5, 0.6) is 17.2 Å². The van der Waals surface area contributed by atoms with Crippen LogP contribution in [0.15, 0.2) is 36.7 Å². The normalized spacial score (nSPS) is 11.6. The van der Waals surface area contributed by atoms with Crippen molar-refractivity contribution < 1.29 is 14.2 Å². The highest BCUT2D eigenvalue weighted by Crippen LogP contribution is 2.40. The Labute approximate surface area is 124 Å². The van der Waals surface area contributed by atoms with Crippen LogP contribution in [0.1, 0.15) is 18.5 Å². The third-order valence-corrected chi connectivity index (χ3v) is 3.23. The van der Waals surface area contributed by atoms with Crippen molar-refractivity contribution >= 4 is 5.69 Å². The molecule has 0 aliphatic rings. The van der Waals surface area contributed by atoms with E-state index in [4.69, 9.17) is 14.2 Å². The first-order valence-electron chi connectivity index (χ1n) is 6.66. The maximum Gasteiger partial charge on any atom is 0.203 e. The van der Waals surface area contributed by atoms with Gasteiger partial charge in [-0.1, -0.05) is 6.07 Å². The lowest BCUT2D eigenvalue weighted by molar-refractivity contribution is 0.324. The Bertz CT molecular complexity index is 562. The van der Waals surface area contributed by atoms with Crippen molar-refractivity contribution in [3.63, 3.8) is 0 Å². The summed E-state index contributed by atoms with van der Waals surface area (Å²) in [5.74, 6) is 1.83. The Hall–Kier alpha value is -2.43. The molecule has 5 nitrogen and oxygen atoms in total. The van der Waals surface area contributed by atoms with E-state index in [1.807, 2.05) is 30.5 Å². The number of anilines is 1.